The zero-order valence-electron chi connectivity index (χ0n) is 18.7. The predicted octanol–water partition coefficient (Wildman–Crippen LogP) is 4.07. The molecule has 7 nitrogen and oxygen atoms in total. The Morgan fingerprint density at radius 1 is 1.28 bits per heavy atom. The van der Waals surface area contributed by atoms with Gasteiger partial charge in [-0.15, -0.1) is 0 Å². The summed E-state index contributed by atoms with van der Waals surface area (Å²) < 4.78 is 25.1. The molecular formula is C24H27FN4O3. The Hall–Kier alpha value is -3.29. The molecule has 1 saturated carbocycles. The van der Waals surface area contributed by atoms with E-state index in [0.717, 1.165) is 24.1 Å². The summed E-state index contributed by atoms with van der Waals surface area (Å²) in [5, 5.41) is 2.84. The van der Waals surface area contributed by atoms with Crippen LogP contribution in [0.2, 0.25) is 0 Å². The lowest BCUT2D eigenvalue weighted by atomic mass is 9.82. The van der Waals surface area contributed by atoms with Gasteiger partial charge in [0.25, 0.3) is 0 Å². The van der Waals surface area contributed by atoms with E-state index >= 15 is 0 Å². The fourth-order valence-corrected chi connectivity index (χ4v) is 4.29. The number of ether oxygens (including phenoxy) is 2. The molecule has 2 aromatic rings. The van der Waals surface area contributed by atoms with Gasteiger partial charge in [0.1, 0.15) is 23.2 Å². The minimum atomic E-state index is -0.404. The summed E-state index contributed by atoms with van der Waals surface area (Å²) in [6.07, 6.45) is 10.3. The van der Waals surface area contributed by atoms with Crippen molar-refractivity contribution in [3.63, 3.8) is 0 Å². The molecular weight excluding hydrogens is 411 g/mol. The molecule has 32 heavy (non-hydrogen) atoms. The Morgan fingerprint density at radius 2 is 2.09 bits per heavy atom. The number of nitrogens with zero attached hydrogens (tertiary/aromatic N) is 3. The highest BCUT2D eigenvalue weighted by Gasteiger charge is 2.62. The molecule has 2 aliphatic carbocycles. The minimum Gasteiger partial charge on any atom is -0.497 e. The first-order chi connectivity index (χ1) is 15.3. The van der Waals surface area contributed by atoms with Gasteiger partial charge in [0.15, 0.2) is 5.75 Å². The van der Waals surface area contributed by atoms with Crippen LogP contribution >= 0.6 is 0 Å². The molecule has 0 aliphatic heterocycles. The molecule has 8 heteroatoms. The summed E-state index contributed by atoms with van der Waals surface area (Å²) in [4.78, 5) is 25.7. The van der Waals surface area contributed by atoms with Gasteiger partial charge in [-0.1, -0.05) is 6.08 Å². The van der Waals surface area contributed by atoms with Crippen LogP contribution in [0.4, 0.5) is 10.2 Å². The van der Waals surface area contributed by atoms with Crippen LogP contribution in [-0.4, -0.2) is 34.6 Å². The molecule has 0 bridgehead atoms. The highest BCUT2D eigenvalue weighted by atomic mass is 19.1. The number of halogens is 1. The van der Waals surface area contributed by atoms with Crippen molar-refractivity contribution >= 4 is 11.7 Å². The van der Waals surface area contributed by atoms with Gasteiger partial charge in [-0.2, -0.15) is 0 Å². The molecule has 2 aromatic heterocycles. The second-order valence-electron chi connectivity index (χ2n) is 8.47. The molecule has 0 radical (unpaired) electrons. The van der Waals surface area contributed by atoms with Crippen molar-refractivity contribution < 1.29 is 18.7 Å². The number of methoxy groups -OCH3 is 1. The number of amides is 1. The van der Waals surface area contributed by atoms with Gasteiger partial charge in [0.2, 0.25) is 5.91 Å². The lowest BCUT2D eigenvalue weighted by molar-refractivity contribution is -0.118. The second-order valence-corrected chi connectivity index (χ2v) is 8.47. The number of allylic oxidation sites excluding steroid dienone is 3. The third kappa shape index (κ3) is 4.35. The smallest absolute Gasteiger partial charge is 0.229 e. The molecule has 3 atom stereocenters. The van der Waals surface area contributed by atoms with Crippen LogP contribution in [0.15, 0.2) is 42.4 Å². The average Bonchev–Trinajstić information content (AvgIpc) is 3.52. The van der Waals surface area contributed by atoms with Crippen molar-refractivity contribution in [3.05, 3.63) is 65.3 Å². The Balaban J connectivity index is 1.55. The van der Waals surface area contributed by atoms with Crippen molar-refractivity contribution in [1.29, 1.82) is 0 Å². The van der Waals surface area contributed by atoms with Crippen LogP contribution in [0, 0.1) is 43.8 Å². The quantitative estimate of drug-likeness (QED) is 0.701. The number of nitrogens with one attached hydrogen (secondary N) is 1. The van der Waals surface area contributed by atoms with E-state index in [1.165, 1.54) is 6.07 Å². The van der Waals surface area contributed by atoms with E-state index in [1.807, 2.05) is 19.9 Å². The number of hydrogen-bond donors (Lipinski definition) is 1. The standard InChI is InChI=1S/C24H27FN4O3/c1-14-8-22(27-11-20(14)25)29-23(30)19-10-24(19,17-6-5-7-18(9-17)31-4)13-32-21-12-26-16(3)28-15(21)2/h5,7-9,11-12,17,19H,6,10,13H2,1-4H3,(H,27,29,30)/t17?,19-,24+/m0/s1. The third-order valence-corrected chi connectivity index (χ3v) is 6.30. The van der Waals surface area contributed by atoms with E-state index in [0.29, 0.717) is 36.0 Å². The van der Waals surface area contributed by atoms with Gasteiger partial charge in [0, 0.05) is 11.3 Å². The highest BCUT2D eigenvalue weighted by molar-refractivity contribution is 5.94. The average molecular weight is 439 g/mol. The number of aryl methyl sites for hydroxylation is 3. The Morgan fingerprint density at radius 3 is 2.81 bits per heavy atom. The number of aromatic nitrogens is 3. The van der Waals surface area contributed by atoms with E-state index in [4.69, 9.17) is 9.47 Å². The van der Waals surface area contributed by atoms with Gasteiger partial charge in [0.05, 0.1) is 31.8 Å². The topological polar surface area (TPSA) is 86.2 Å². The fourth-order valence-electron chi connectivity index (χ4n) is 4.29. The first kappa shape index (κ1) is 21.9. The van der Waals surface area contributed by atoms with Gasteiger partial charge < -0.3 is 14.8 Å². The molecule has 1 N–H and O–H groups in total. The number of pyridine rings is 1. The predicted molar refractivity (Wildman–Crippen MR) is 117 cm³/mol. The molecule has 1 amide bonds. The van der Waals surface area contributed by atoms with Crippen LogP contribution < -0.4 is 10.1 Å². The molecule has 0 saturated heterocycles. The molecule has 0 spiro atoms. The number of carbonyl (C=O) groups excluding carboxylic acids is 1. The minimum absolute atomic E-state index is 0.0767. The Bertz CT molecular complexity index is 1100. The number of carbonyl (C=O) groups is 1. The largest absolute Gasteiger partial charge is 0.497 e. The first-order valence-electron chi connectivity index (χ1n) is 10.6. The third-order valence-electron chi connectivity index (χ3n) is 6.30. The fraction of sp³-hybridized carbons (Fsp3) is 0.417. The van der Waals surface area contributed by atoms with E-state index in [-0.39, 0.29) is 17.7 Å². The van der Waals surface area contributed by atoms with Crippen molar-refractivity contribution in [1.82, 2.24) is 15.0 Å². The van der Waals surface area contributed by atoms with Crippen LogP contribution in [0.1, 0.15) is 29.9 Å². The molecule has 0 aromatic carbocycles. The maximum absolute atomic E-state index is 13.5. The molecule has 2 aliphatic rings. The summed E-state index contributed by atoms with van der Waals surface area (Å²) in [5.74, 6) is 1.66. The van der Waals surface area contributed by atoms with Gasteiger partial charge >= 0.3 is 0 Å². The zero-order chi connectivity index (χ0) is 22.9. The van der Waals surface area contributed by atoms with Gasteiger partial charge in [-0.25, -0.2) is 19.3 Å². The zero-order valence-corrected chi connectivity index (χ0v) is 18.7. The Labute approximate surface area is 186 Å². The van der Waals surface area contributed by atoms with E-state index in [1.54, 1.807) is 20.2 Å². The maximum Gasteiger partial charge on any atom is 0.229 e. The molecule has 2 heterocycles. The Kier molecular flexibility index (Phi) is 5.95. The lowest BCUT2D eigenvalue weighted by Crippen LogP contribution is -2.30. The molecule has 1 unspecified atom stereocenters. The van der Waals surface area contributed by atoms with E-state index in [9.17, 15) is 9.18 Å². The molecule has 4 rings (SSSR count). The van der Waals surface area contributed by atoms with Crippen molar-refractivity contribution in [2.75, 3.05) is 19.0 Å². The summed E-state index contributed by atoms with van der Waals surface area (Å²) in [6, 6.07) is 1.53. The summed E-state index contributed by atoms with van der Waals surface area (Å²) >= 11 is 0. The van der Waals surface area contributed by atoms with Gasteiger partial charge in [-0.05, 0) is 63.3 Å². The van der Waals surface area contributed by atoms with Crippen LogP contribution in [0.3, 0.4) is 0 Å². The molecule has 168 valence electrons. The number of anilines is 1. The summed E-state index contributed by atoms with van der Waals surface area (Å²) in [5.41, 5.74) is 0.794. The van der Waals surface area contributed by atoms with Gasteiger partial charge in [-0.3, -0.25) is 4.79 Å². The maximum atomic E-state index is 13.5. The van der Waals surface area contributed by atoms with Crippen molar-refractivity contribution in [3.8, 4) is 5.75 Å². The van der Waals surface area contributed by atoms with Crippen molar-refractivity contribution in [2.45, 2.75) is 33.6 Å². The summed E-state index contributed by atoms with van der Waals surface area (Å²) in [6.45, 7) is 5.69. The van der Waals surface area contributed by atoms with E-state index < -0.39 is 11.2 Å². The van der Waals surface area contributed by atoms with Crippen LogP contribution in [0.5, 0.6) is 5.75 Å². The number of hydrogen-bond acceptors (Lipinski definition) is 6. The number of rotatable bonds is 7. The highest BCUT2D eigenvalue weighted by Crippen LogP contribution is 2.60. The van der Waals surface area contributed by atoms with Crippen molar-refractivity contribution in [2.24, 2.45) is 17.3 Å². The second kappa shape index (κ2) is 8.68. The van der Waals surface area contributed by atoms with Crippen LogP contribution in [0.25, 0.3) is 0 Å². The summed E-state index contributed by atoms with van der Waals surface area (Å²) in [7, 11) is 1.63. The molecule has 1 fully saturated rings. The normalized spacial score (nSPS) is 24.0. The SMILES string of the molecule is COC1=CC([C@]2(COc3cnc(C)nc3C)C[C@H]2C(=O)Nc2cc(C)c(F)cn2)CC=C1. The van der Waals surface area contributed by atoms with Crippen LogP contribution in [-0.2, 0) is 9.53 Å². The lowest BCUT2D eigenvalue weighted by Gasteiger charge is -2.27. The van der Waals surface area contributed by atoms with E-state index in [2.05, 4.69) is 32.4 Å². The monoisotopic (exact) mass is 438 g/mol. The first-order valence-corrected chi connectivity index (χ1v) is 10.6.